The van der Waals surface area contributed by atoms with Gasteiger partial charge >= 0.3 is 6.18 Å². The summed E-state index contributed by atoms with van der Waals surface area (Å²) in [5.74, 6) is -0.342. The molecule has 2 atom stereocenters. The van der Waals surface area contributed by atoms with Crippen molar-refractivity contribution < 1.29 is 18.3 Å². The van der Waals surface area contributed by atoms with E-state index in [1.807, 2.05) is 6.07 Å². The van der Waals surface area contributed by atoms with Crippen LogP contribution < -0.4 is 0 Å². The maximum atomic E-state index is 12.0. The number of aliphatic hydroxyl groups excluding tert-OH is 1. The van der Waals surface area contributed by atoms with E-state index in [0.29, 0.717) is 6.54 Å². The van der Waals surface area contributed by atoms with Crippen molar-refractivity contribution in [2.24, 2.45) is 5.92 Å². The SMILES string of the molecule is CCN(CC(C)C#N)CC(O)C(F)(F)F. The highest BCUT2D eigenvalue weighted by Crippen LogP contribution is 2.20. The number of nitrogens with zero attached hydrogens (tertiary/aromatic N) is 2. The largest absolute Gasteiger partial charge is 0.415 e. The molecule has 0 amide bonds. The standard InChI is InChI=1S/C9H15F3N2O/c1-3-14(5-7(2)4-13)6-8(15)9(10,11)12/h7-8,15H,3,5-6H2,1-2H3. The maximum Gasteiger partial charge on any atom is 0.415 e. The number of hydrogen-bond donors (Lipinski definition) is 1. The van der Waals surface area contributed by atoms with Gasteiger partial charge in [-0.2, -0.15) is 18.4 Å². The van der Waals surface area contributed by atoms with Gasteiger partial charge in [0, 0.05) is 13.1 Å². The molecule has 0 aliphatic heterocycles. The minimum Gasteiger partial charge on any atom is -0.382 e. The van der Waals surface area contributed by atoms with Crippen molar-refractivity contribution >= 4 is 0 Å². The van der Waals surface area contributed by atoms with E-state index in [0.717, 1.165) is 0 Å². The van der Waals surface area contributed by atoms with E-state index in [1.165, 1.54) is 4.90 Å². The van der Waals surface area contributed by atoms with Crippen LogP contribution in [0.15, 0.2) is 0 Å². The zero-order valence-corrected chi connectivity index (χ0v) is 8.75. The molecule has 0 heterocycles. The third-order valence-electron chi connectivity index (χ3n) is 2.01. The van der Waals surface area contributed by atoms with Crippen LogP contribution in [0.2, 0.25) is 0 Å². The van der Waals surface area contributed by atoms with Crippen LogP contribution in [0.25, 0.3) is 0 Å². The third kappa shape index (κ3) is 5.60. The summed E-state index contributed by atoms with van der Waals surface area (Å²) in [4.78, 5) is 1.41. The van der Waals surface area contributed by atoms with Crippen molar-refractivity contribution in [1.82, 2.24) is 4.90 Å². The van der Waals surface area contributed by atoms with Gasteiger partial charge in [0.05, 0.1) is 12.0 Å². The highest BCUT2D eigenvalue weighted by molar-refractivity contribution is 4.82. The van der Waals surface area contributed by atoms with Gasteiger partial charge in [-0.25, -0.2) is 0 Å². The molecule has 3 nitrogen and oxygen atoms in total. The second kappa shape index (κ2) is 5.93. The summed E-state index contributed by atoms with van der Waals surface area (Å²) in [5.41, 5.74) is 0. The van der Waals surface area contributed by atoms with Gasteiger partial charge in [-0.3, -0.25) is 4.90 Å². The molecule has 0 fully saturated rings. The van der Waals surface area contributed by atoms with Gasteiger partial charge in [0.2, 0.25) is 0 Å². The number of alkyl halides is 3. The van der Waals surface area contributed by atoms with Gasteiger partial charge in [0.1, 0.15) is 0 Å². The quantitative estimate of drug-likeness (QED) is 0.767. The van der Waals surface area contributed by atoms with Crippen LogP contribution in [-0.2, 0) is 0 Å². The fraction of sp³-hybridized carbons (Fsp3) is 0.889. The molecule has 0 aliphatic carbocycles. The number of likely N-dealkylation sites (N-methyl/N-ethyl adjacent to an activating group) is 1. The van der Waals surface area contributed by atoms with E-state index in [-0.39, 0.29) is 12.5 Å². The molecule has 0 spiro atoms. The fourth-order valence-electron chi connectivity index (χ4n) is 1.11. The molecular formula is C9H15F3N2O. The Morgan fingerprint density at radius 2 is 1.93 bits per heavy atom. The lowest BCUT2D eigenvalue weighted by Crippen LogP contribution is -2.42. The molecule has 0 aliphatic rings. The Labute approximate surface area is 87.1 Å². The Bertz CT molecular complexity index is 224. The first-order valence-electron chi connectivity index (χ1n) is 4.68. The zero-order chi connectivity index (χ0) is 12.1. The van der Waals surface area contributed by atoms with Crippen molar-refractivity contribution in [2.75, 3.05) is 19.6 Å². The minimum atomic E-state index is -4.59. The summed E-state index contributed by atoms with van der Waals surface area (Å²) in [6, 6.07) is 1.94. The van der Waals surface area contributed by atoms with Crippen molar-refractivity contribution in [2.45, 2.75) is 26.1 Å². The van der Waals surface area contributed by atoms with Gasteiger partial charge in [0.15, 0.2) is 6.10 Å². The highest BCUT2D eigenvalue weighted by atomic mass is 19.4. The molecule has 1 N–H and O–H groups in total. The van der Waals surface area contributed by atoms with Gasteiger partial charge in [0.25, 0.3) is 0 Å². The Morgan fingerprint density at radius 3 is 2.27 bits per heavy atom. The summed E-state index contributed by atoms with van der Waals surface area (Å²) in [6.07, 6.45) is -6.94. The normalized spacial score (nSPS) is 16.1. The molecule has 0 radical (unpaired) electrons. The second-order valence-corrected chi connectivity index (χ2v) is 3.44. The maximum absolute atomic E-state index is 12.0. The van der Waals surface area contributed by atoms with Crippen LogP contribution in [0.5, 0.6) is 0 Å². The zero-order valence-electron chi connectivity index (χ0n) is 8.75. The van der Waals surface area contributed by atoms with E-state index in [9.17, 15) is 13.2 Å². The van der Waals surface area contributed by atoms with E-state index in [1.54, 1.807) is 13.8 Å². The molecule has 2 unspecified atom stereocenters. The molecule has 0 bridgehead atoms. The van der Waals surface area contributed by atoms with Crippen LogP contribution in [-0.4, -0.2) is 41.9 Å². The molecule has 0 rings (SSSR count). The smallest absolute Gasteiger partial charge is 0.382 e. The third-order valence-corrected chi connectivity index (χ3v) is 2.01. The predicted octanol–water partition coefficient (Wildman–Crippen LogP) is 1.39. The minimum absolute atomic E-state index is 0.236. The van der Waals surface area contributed by atoms with Crippen LogP contribution in [0.3, 0.4) is 0 Å². The first-order valence-corrected chi connectivity index (χ1v) is 4.68. The number of rotatable bonds is 5. The Hall–Kier alpha value is -0.800. The summed E-state index contributed by atoms with van der Waals surface area (Å²) in [7, 11) is 0. The topological polar surface area (TPSA) is 47.3 Å². The molecule has 88 valence electrons. The Morgan fingerprint density at radius 1 is 1.40 bits per heavy atom. The molecule has 0 aromatic heterocycles. The molecule has 0 aromatic rings. The lowest BCUT2D eigenvalue weighted by atomic mass is 10.2. The lowest BCUT2D eigenvalue weighted by molar-refractivity contribution is -0.208. The molecule has 0 aromatic carbocycles. The van der Waals surface area contributed by atoms with Gasteiger partial charge in [-0.1, -0.05) is 6.92 Å². The van der Waals surface area contributed by atoms with E-state index in [4.69, 9.17) is 10.4 Å². The monoisotopic (exact) mass is 224 g/mol. The highest BCUT2D eigenvalue weighted by Gasteiger charge is 2.38. The lowest BCUT2D eigenvalue weighted by Gasteiger charge is -2.25. The molecular weight excluding hydrogens is 209 g/mol. The van der Waals surface area contributed by atoms with Crippen molar-refractivity contribution in [3.8, 4) is 6.07 Å². The average Bonchev–Trinajstić information content (AvgIpc) is 2.14. The van der Waals surface area contributed by atoms with Crippen molar-refractivity contribution in [3.63, 3.8) is 0 Å². The number of hydrogen-bond acceptors (Lipinski definition) is 3. The van der Waals surface area contributed by atoms with Crippen LogP contribution in [0.4, 0.5) is 13.2 Å². The Kier molecular flexibility index (Phi) is 5.61. The van der Waals surface area contributed by atoms with E-state index in [2.05, 4.69) is 0 Å². The van der Waals surface area contributed by atoms with Crippen LogP contribution >= 0.6 is 0 Å². The van der Waals surface area contributed by atoms with E-state index >= 15 is 0 Å². The summed E-state index contributed by atoms with van der Waals surface area (Å²) < 4.78 is 36.1. The average molecular weight is 224 g/mol. The predicted molar refractivity (Wildman–Crippen MR) is 49.0 cm³/mol. The summed E-state index contributed by atoms with van der Waals surface area (Å²) in [5, 5.41) is 17.3. The van der Waals surface area contributed by atoms with Crippen LogP contribution in [0, 0.1) is 17.2 Å². The number of nitriles is 1. The second-order valence-electron chi connectivity index (χ2n) is 3.44. The first kappa shape index (κ1) is 14.2. The molecule has 15 heavy (non-hydrogen) atoms. The molecule has 6 heteroatoms. The molecule has 0 saturated heterocycles. The first-order chi connectivity index (χ1) is 6.81. The fourth-order valence-corrected chi connectivity index (χ4v) is 1.11. The van der Waals surface area contributed by atoms with Gasteiger partial charge in [-0.05, 0) is 13.5 Å². The number of halogens is 3. The molecule has 0 saturated carbocycles. The van der Waals surface area contributed by atoms with Gasteiger partial charge in [-0.15, -0.1) is 0 Å². The van der Waals surface area contributed by atoms with Gasteiger partial charge < -0.3 is 5.11 Å². The summed E-state index contributed by atoms with van der Waals surface area (Å²) >= 11 is 0. The Balaban J connectivity index is 4.17. The number of aliphatic hydroxyl groups is 1. The van der Waals surface area contributed by atoms with Crippen molar-refractivity contribution in [1.29, 1.82) is 5.26 Å². The van der Waals surface area contributed by atoms with Crippen LogP contribution in [0.1, 0.15) is 13.8 Å². The van der Waals surface area contributed by atoms with E-state index < -0.39 is 18.8 Å². The summed E-state index contributed by atoms with van der Waals surface area (Å²) in [6.45, 7) is 3.45. The van der Waals surface area contributed by atoms with Crippen molar-refractivity contribution in [3.05, 3.63) is 0 Å².